The fourth-order valence-corrected chi connectivity index (χ4v) is 4.16. The summed E-state index contributed by atoms with van der Waals surface area (Å²) in [6, 6.07) is 0. The lowest BCUT2D eigenvalue weighted by Crippen LogP contribution is -2.53. The highest BCUT2D eigenvalue weighted by molar-refractivity contribution is 5.79. The van der Waals surface area contributed by atoms with Crippen LogP contribution in [0, 0.1) is 17.8 Å². The smallest absolute Gasteiger partial charge is 0.223 e. The zero-order valence-electron chi connectivity index (χ0n) is 14.5. The molecule has 0 bridgehead atoms. The van der Waals surface area contributed by atoms with E-state index in [4.69, 9.17) is 4.74 Å². The highest BCUT2D eigenvalue weighted by Gasteiger charge is 2.41. The number of hydrogen-bond acceptors (Lipinski definition) is 4. The molecule has 132 valence electrons. The van der Waals surface area contributed by atoms with Crippen molar-refractivity contribution in [1.29, 1.82) is 0 Å². The van der Waals surface area contributed by atoms with Gasteiger partial charge >= 0.3 is 0 Å². The first-order valence-electron chi connectivity index (χ1n) is 9.28. The van der Waals surface area contributed by atoms with Gasteiger partial charge < -0.3 is 10.1 Å². The van der Waals surface area contributed by atoms with Crippen LogP contribution in [-0.2, 0) is 23.1 Å². The number of fused-ring (bicyclic) bond motifs is 1. The molecule has 0 unspecified atom stereocenters. The SMILES string of the molecule is Cn1cc(CN2CC[C@H]3OCC[C@@H](C(=O)NCC4CC4)[C@@H]3C2)cn1. The maximum Gasteiger partial charge on any atom is 0.223 e. The molecule has 1 N–H and O–H groups in total. The van der Waals surface area contributed by atoms with Gasteiger partial charge in [0, 0.05) is 63.4 Å². The first kappa shape index (κ1) is 16.1. The molecule has 0 aromatic carbocycles. The van der Waals surface area contributed by atoms with E-state index in [9.17, 15) is 4.79 Å². The molecule has 6 nitrogen and oxygen atoms in total. The summed E-state index contributed by atoms with van der Waals surface area (Å²) in [6.07, 6.45) is 8.70. The number of nitrogens with zero attached hydrogens (tertiary/aromatic N) is 3. The molecule has 3 heterocycles. The van der Waals surface area contributed by atoms with E-state index >= 15 is 0 Å². The van der Waals surface area contributed by atoms with Crippen LogP contribution >= 0.6 is 0 Å². The van der Waals surface area contributed by atoms with E-state index in [0.717, 1.165) is 51.5 Å². The lowest BCUT2D eigenvalue weighted by Gasteiger charge is -2.44. The molecular formula is C18H28N4O2. The van der Waals surface area contributed by atoms with E-state index in [1.165, 1.54) is 18.4 Å². The summed E-state index contributed by atoms with van der Waals surface area (Å²) in [5.41, 5.74) is 1.24. The molecule has 0 spiro atoms. The van der Waals surface area contributed by atoms with E-state index in [0.29, 0.717) is 5.92 Å². The van der Waals surface area contributed by atoms with Crippen molar-refractivity contribution < 1.29 is 9.53 Å². The number of aryl methyl sites for hydroxylation is 1. The van der Waals surface area contributed by atoms with Gasteiger partial charge in [0.15, 0.2) is 0 Å². The van der Waals surface area contributed by atoms with Crippen molar-refractivity contribution in [3.63, 3.8) is 0 Å². The zero-order valence-corrected chi connectivity index (χ0v) is 14.5. The monoisotopic (exact) mass is 332 g/mol. The van der Waals surface area contributed by atoms with Crippen molar-refractivity contribution in [2.24, 2.45) is 24.8 Å². The molecule has 3 aliphatic rings. The number of carbonyl (C=O) groups excluding carboxylic acids is 1. The number of rotatable bonds is 5. The third-order valence-corrected chi connectivity index (χ3v) is 5.72. The molecular weight excluding hydrogens is 304 g/mol. The Morgan fingerprint density at radius 3 is 3.00 bits per heavy atom. The van der Waals surface area contributed by atoms with E-state index in [1.54, 1.807) is 0 Å². The lowest BCUT2D eigenvalue weighted by atomic mass is 9.79. The van der Waals surface area contributed by atoms with Gasteiger partial charge in [-0.15, -0.1) is 0 Å². The second-order valence-electron chi connectivity index (χ2n) is 7.70. The molecule has 0 radical (unpaired) electrons. The number of likely N-dealkylation sites (tertiary alicyclic amines) is 1. The van der Waals surface area contributed by atoms with Crippen LogP contribution in [0.25, 0.3) is 0 Å². The summed E-state index contributed by atoms with van der Waals surface area (Å²) in [7, 11) is 1.95. The Balaban J connectivity index is 1.37. The number of amides is 1. The summed E-state index contributed by atoms with van der Waals surface area (Å²) >= 11 is 0. The maximum atomic E-state index is 12.7. The summed E-state index contributed by atoms with van der Waals surface area (Å²) < 4.78 is 7.83. The van der Waals surface area contributed by atoms with E-state index < -0.39 is 0 Å². The fraction of sp³-hybridized carbons (Fsp3) is 0.778. The molecule has 1 aliphatic carbocycles. The minimum Gasteiger partial charge on any atom is -0.378 e. The van der Waals surface area contributed by atoms with Crippen molar-refractivity contribution in [2.75, 3.05) is 26.2 Å². The van der Waals surface area contributed by atoms with Gasteiger partial charge in [0.2, 0.25) is 5.91 Å². The van der Waals surface area contributed by atoms with Crippen molar-refractivity contribution in [3.8, 4) is 0 Å². The van der Waals surface area contributed by atoms with Gasteiger partial charge in [-0.25, -0.2) is 0 Å². The molecule has 2 saturated heterocycles. The van der Waals surface area contributed by atoms with Gasteiger partial charge in [0.1, 0.15) is 0 Å². The number of aromatic nitrogens is 2. The standard InChI is InChI=1S/C18H28N4O2/c1-21-10-14(9-20-21)11-22-6-4-17-16(12-22)15(5-7-24-17)18(23)19-8-13-2-3-13/h9-10,13,15-17H,2-8,11-12H2,1H3,(H,19,23)/t15-,16+,17-/m1/s1. The van der Waals surface area contributed by atoms with Gasteiger partial charge in [0.05, 0.1) is 12.3 Å². The predicted octanol–water partition coefficient (Wildman–Crippen LogP) is 1.17. The first-order chi connectivity index (χ1) is 11.7. The third-order valence-electron chi connectivity index (χ3n) is 5.72. The van der Waals surface area contributed by atoms with Crippen LogP contribution in [0.15, 0.2) is 12.4 Å². The molecule has 4 rings (SSSR count). The molecule has 24 heavy (non-hydrogen) atoms. The number of ether oxygens (including phenoxy) is 1. The van der Waals surface area contributed by atoms with Crippen molar-refractivity contribution in [3.05, 3.63) is 18.0 Å². The highest BCUT2D eigenvalue weighted by atomic mass is 16.5. The fourth-order valence-electron chi connectivity index (χ4n) is 4.16. The summed E-state index contributed by atoms with van der Waals surface area (Å²) in [6.45, 7) is 4.49. The first-order valence-corrected chi connectivity index (χ1v) is 9.28. The molecule has 3 atom stereocenters. The van der Waals surface area contributed by atoms with Crippen LogP contribution in [0.3, 0.4) is 0 Å². The number of carbonyl (C=O) groups is 1. The lowest BCUT2D eigenvalue weighted by molar-refractivity contribution is -0.142. The Labute approximate surface area is 143 Å². The number of piperidine rings is 1. The summed E-state index contributed by atoms with van der Waals surface area (Å²) in [5.74, 6) is 1.42. The van der Waals surface area contributed by atoms with E-state index in [2.05, 4.69) is 21.5 Å². The second-order valence-corrected chi connectivity index (χ2v) is 7.70. The Bertz CT molecular complexity index is 583. The highest BCUT2D eigenvalue weighted by Crippen LogP contribution is 2.34. The molecule has 1 aromatic heterocycles. The molecule has 1 aromatic rings. The maximum absolute atomic E-state index is 12.7. The van der Waals surface area contributed by atoms with Gasteiger partial charge in [-0.3, -0.25) is 14.4 Å². The Hall–Kier alpha value is -1.40. The van der Waals surface area contributed by atoms with Crippen LogP contribution < -0.4 is 5.32 Å². The number of hydrogen-bond donors (Lipinski definition) is 1. The molecule has 6 heteroatoms. The van der Waals surface area contributed by atoms with Gasteiger partial charge in [-0.05, 0) is 31.6 Å². The van der Waals surface area contributed by atoms with E-state index in [1.807, 2.05) is 17.9 Å². The molecule has 1 amide bonds. The Kier molecular flexibility index (Phi) is 4.59. The quantitative estimate of drug-likeness (QED) is 0.879. The normalized spacial score (nSPS) is 30.8. The molecule has 1 saturated carbocycles. The summed E-state index contributed by atoms with van der Waals surface area (Å²) in [5, 5.41) is 7.44. The Morgan fingerprint density at radius 1 is 1.38 bits per heavy atom. The van der Waals surface area contributed by atoms with Crippen LogP contribution in [-0.4, -0.2) is 52.9 Å². The van der Waals surface area contributed by atoms with E-state index in [-0.39, 0.29) is 17.9 Å². The van der Waals surface area contributed by atoms with Crippen LogP contribution in [0.5, 0.6) is 0 Å². The summed E-state index contributed by atoms with van der Waals surface area (Å²) in [4.78, 5) is 15.1. The van der Waals surface area contributed by atoms with Crippen LogP contribution in [0.4, 0.5) is 0 Å². The molecule has 3 fully saturated rings. The van der Waals surface area contributed by atoms with Crippen molar-refractivity contribution >= 4 is 5.91 Å². The van der Waals surface area contributed by atoms with Gasteiger partial charge in [-0.2, -0.15) is 5.10 Å². The second kappa shape index (κ2) is 6.84. The average Bonchev–Trinajstić information content (AvgIpc) is 3.33. The number of nitrogens with one attached hydrogen (secondary N) is 1. The van der Waals surface area contributed by atoms with Gasteiger partial charge in [-0.1, -0.05) is 0 Å². The van der Waals surface area contributed by atoms with Gasteiger partial charge in [0.25, 0.3) is 0 Å². The minimum absolute atomic E-state index is 0.110. The Morgan fingerprint density at radius 2 is 2.25 bits per heavy atom. The average molecular weight is 332 g/mol. The molecule has 2 aliphatic heterocycles. The third kappa shape index (κ3) is 3.64. The van der Waals surface area contributed by atoms with Crippen LogP contribution in [0.2, 0.25) is 0 Å². The zero-order chi connectivity index (χ0) is 16.5. The van der Waals surface area contributed by atoms with Crippen molar-refractivity contribution in [2.45, 2.75) is 38.3 Å². The largest absolute Gasteiger partial charge is 0.378 e. The minimum atomic E-state index is 0.110. The predicted molar refractivity (Wildman–Crippen MR) is 90.2 cm³/mol. The topological polar surface area (TPSA) is 59.4 Å². The van der Waals surface area contributed by atoms with Crippen molar-refractivity contribution in [1.82, 2.24) is 20.0 Å². The van der Waals surface area contributed by atoms with Crippen LogP contribution in [0.1, 0.15) is 31.2 Å².